The first kappa shape index (κ1) is 10.5. The fraction of sp³-hybridized carbons (Fsp3) is 0.909. The molecule has 2 nitrogen and oxygen atoms in total. The maximum Gasteiger partial charge on any atom is 0.100 e. The summed E-state index contributed by atoms with van der Waals surface area (Å²) in [6, 6.07) is 2.94. The SMILES string of the molecule is CC(C)(C)C(C#N)NC1CCCC1. The van der Waals surface area contributed by atoms with Crippen molar-refractivity contribution in [2.24, 2.45) is 5.41 Å². The molecule has 0 radical (unpaired) electrons. The lowest BCUT2D eigenvalue weighted by Gasteiger charge is -2.28. The van der Waals surface area contributed by atoms with Gasteiger partial charge in [0, 0.05) is 6.04 Å². The first-order chi connectivity index (χ1) is 6.04. The second kappa shape index (κ2) is 4.11. The number of nitrogens with zero attached hydrogens (tertiary/aromatic N) is 1. The molecule has 1 atom stereocenters. The van der Waals surface area contributed by atoms with E-state index >= 15 is 0 Å². The van der Waals surface area contributed by atoms with Gasteiger partial charge >= 0.3 is 0 Å². The molecule has 74 valence electrons. The van der Waals surface area contributed by atoms with Crippen molar-refractivity contribution in [3.8, 4) is 6.07 Å². The number of hydrogen-bond acceptors (Lipinski definition) is 2. The van der Waals surface area contributed by atoms with Crippen molar-refractivity contribution in [1.82, 2.24) is 5.32 Å². The Kier molecular flexibility index (Phi) is 3.33. The van der Waals surface area contributed by atoms with Gasteiger partial charge in [0.1, 0.15) is 6.04 Å². The molecule has 0 heterocycles. The third kappa shape index (κ3) is 3.00. The lowest BCUT2D eigenvalue weighted by atomic mass is 9.87. The summed E-state index contributed by atoms with van der Waals surface area (Å²) in [5.41, 5.74) is 0.0529. The quantitative estimate of drug-likeness (QED) is 0.708. The fourth-order valence-corrected chi connectivity index (χ4v) is 1.81. The summed E-state index contributed by atoms with van der Waals surface area (Å²) < 4.78 is 0. The molecule has 0 amide bonds. The van der Waals surface area contributed by atoms with E-state index in [1.54, 1.807) is 0 Å². The molecule has 0 aliphatic heterocycles. The van der Waals surface area contributed by atoms with Gasteiger partial charge in [0.05, 0.1) is 6.07 Å². The minimum Gasteiger partial charge on any atom is -0.299 e. The lowest BCUT2D eigenvalue weighted by Crippen LogP contribution is -2.43. The molecule has 0 saturated heterocycles. The molecule has 1 saturated carbocycles. The number of hydrogen-bond donors (Lipinski definition) is 1. The van der Waals surface area contributed by atoms with Gasteiger partial charge in [0.15, 0.2) is 0 Å². The van der Waals surface area contributed by atoms with Gasteiger partial charge in [-0.3, -0.25) is 5.32 Å². The smallest absolute Gasteiger partial charge is 0.100 e. The van der Waals surface area contributed by atoms with Crippen LogP contribution in [0.4, 0.5) is 0 Å². The Morgan fingerprint density at radius 2 is 1.85 bits per heavy atom. The average molecular weight is 180 g/mol. The summed E-state index contributed by atoms with van der Waals surface area (Å²) in [6.07, 6.45) is 5.13. The summed E-state index contributed by atoms with van der Waals surface area (Å²) >= 11 is 0. The molecule has 1 aliphatic rings. The highest BCUT2D eigenvalue weighted by atomic mass is 15.0. The highest BCUT2D eigenvalue weighted by Gasteiger charge is 2.27. The molecule has 1 fully saturated rings. The zero-order chi connectivity index (χ0) is 9.90. The van der Waals surface area contributed by atoms with Gasteiger partial charge in [-0.25, -0.2) is 0 Å². The lowest BCUT2D eigenvalue weighted by molar-refractivity contribution is 0.294. The summed E-state index contributed by atoms with van der Waals surface area (Å²) in [4.78, 5) is 0. The van der Waals surface area contributed by atoms with E-state index in [1.165, 1.54) is 25.7 Å². The predicted molar refractivity (Wildman–Crippen MR) is 54.2 cm³/mol. The number of nitrogens with one attached hydrogen (secondary N) is 1. The van der Waals surface area contributed by atoms with Crippen molar-refractivity contribution in [3.63, 3.8) is 0 Å². The Balaban J connectivity index is 2.45. The average Bonchev–Trinajstić information content (AvgIpc) is 2.49. The van der Waals surface area contributed by atoms with E-state index in [9.17, 15) is 0 Å². The minimum atomic E-state index is -0.00407. The monoisotopic (exact) mass is 180 g/mol. The topological polar surface area (TPSA) is 35.8 Å². The Hall–Kier alpha value is -0.550. The van der Waals surface area contributed by atoms with Crippen LogP contribution in [0.15, 0.2) is 0 Å². The van der Waals surface area contributed by atoms with Crippen LogP contribution in [-0.2, 0) is 0 Å². The van der Waals surface area contributed by atoms with Gasteiger partial charge in [0.2, 0.25) is 0 Å². The van der Waals surface area contributed by atoms with Crippen molar-refractivity contribution in [1.29, 1.82) is 5.26 Å². The largest absolute Gasteiger partial charge is 0.299 e. The minimum absolute atomic E-state index is 0.00407. The molecule has 1 N–H and O–H groups in total. The summed E-state index contributed by atoms with van der Waals surface area (Å²) in [5, 5.41) is 12.5. The van der Waals surface area contributed by atoms with Gasteiger partial charge in [-0.1, -0.05) is 33.6 Å². The summed E-state index contributed by atoms with van der Waals surface area (Å²) in [5.74, 6) is 0. The molecule has 1 rings (SSSR count). The van der Waals surface area contributed by atoms with Crippen LogP contribution < -0.4 is 5.32 Å². The van der Waals surface area contributed by atoms with Gasteiger partial charge in [0.25, 0.3) is 0 Å². The van der Waals surface area contributed by atoms with Crippen LogP contribution in [-0.4, -0.2) is 12.1 Å². The van der Waals surface area contributed by atoms with Crippen molar-refractivity contribution in [2.45, 2.75) is 58.5 Å². The molecule has 2 heteroatoms. The van der Waals surface area contributed by atoms with E-state index in [-0.39, 0.29) is 11.5 Å². The Labute approximate surface area is 81.3 Å². The van der Waals surface area contributed by atoms with Crippen LogP contribution >= 0.6 is 0 Å². The van der Waals surface area contributed by atoms with Crippen LogP contribution in [0, 0.1) is 16.7 Å². The van der Waals surface area contributed by atoms with Crippen LogP contribution in [0.2, 0.25) is 0 Å². The van der Waals surface area contributed by atoms with E-state index in [2.05, 4.69) is 32.2 Å². The van der Waals surface area contributed by atoms with Gasteiger partial charge < -0.3 is 0 Å². The molecule has 0 aromatic rings. The first-order valence-electron chi connectivity index (χ1n) is 5.19. The Morgan fingerprint density at radius 3 is 2.23 bits per heavy atom. The van der Waals surface area contributed by atoms with E-state index < -0.39 is 0 Å². The first-order valence-corrected chi connectivity index (χ1v) is 5.19. The number of rotatable bonds is 2. The third-order valence-electron chi connectivity index (χ3n) is 2.75. The normalized spacial score (nSPS) is 21.4. The van der Waals surface area contributed by atoms with E-state index in [0.29, 0.717) is 6.04 Å². The molecular formula is C11H20N2. The molecule has 13 heavy (non-hydrogen) atoms. The standard InChI is InChI=1S/C11H20N2/c1-11(2,3)10(8-12)13-9-6-4-5-7-9/h9-10,13H,4-7H2,1-3H3. The van der Waals surface area contributed by atoms with Crippen molar-refractivity contribution in [3.05, 3.63) is 0 Å². The van der Waals surface area contributed by atoms with Crippen molar-refractivity contribution >= 4 is 0 Å². The number of nitriles is 1. The molecule has 0 spiro atoms. The maximum absolute atomic E-state index is 9.01. The molecule has 0 bridgehead atoms. The van der Waals surface area contributed by atoms with Gasteiger partial charge in [-0.05, 0) is 18.3 Å². The molecule has 0 aromatic carbocycles. The van der Waals surface area contributed by atoms with Gasteiger partial charge in [-0.2, -0.15) is 5.26 Å². The van der Waals surface area contributed by atoms with E-state index in [4.69, 9.17) is 5.26 Å². The van der Waals surface area contributed by atoms with Crippen LogP contribution in [0.25, 0.3) is 0 Å². The second-order valence-electron chi connectivity index (χ2n) is 5.08. The summed E-state index contributed by atoms with van der Waals surface area (Å²) in [7, 11) is 0. The van der Waals surface area contributed by atoms with Gasteiger partial charge in [-0.15, -0.1) is 0 Å². The maximum atomic E-state index is 9.01. The highest BCUT2D eigenvalue weighted by Crippen LogP contribution is 2.23. The summed E-state index contributed by atoms with van der Waals surface area (Å²) in [6.45, 7) is 6.34. The van der Waals surface area contributed by atoms with Crippen molar-refractivity contribution in [2.75, 3.05) is 0 Å². The second-order valence-corrected chi connectivity index (χ2v) is 5.08. The predicted octanol–water partition coefficient (Wildman–Crippen LogP) is 2.46. The molecule has 1 aliphatic carbocycles. The van der Waals surface area contributed by atoms with Crippen LogP contribution in [0.5, 0.6) is 0 Å². The third-order valence-corrected chi connectivity index (χ3v) is 2.75. The molecule has 1 unspecified atom stereocenters. The molecule has 0 aromatic heterocycles. The van der Waals surface area contributed by atoms with E-state index in [0.717, 1.165) is 0 Å². The Morgan fingerprint density at radius 1 is 1.31 bits per heavy atom. The Bertz CT molecular complexity index is 191. The zero-order valence-corrected chi connectivity index (χ0v) is 8.93. The zero-order valence-electron chi connectivity index (χ0n) is 8.93. The van der Waals surface area contributed by atoms with E-state index in [1.807, 2.05) is 0 Å². The van der Waals surface area contributed by atoms with Crippen LogP contribution in [0.1, 0.15) is 46.5 Å². The van der Waals surface area contributed by atoms with Crippen molar-refractivity contribution < 1.29 is 0 Å². The molecular weight excluding hydrogens is 160 g/mol. The highest BCUT2D eigenvalue weighted by molar-refractivity contribution is 4.99. The van der Waals surface area contributed by atoms with Crippen LogP contribution in [0.3, 0.4) is 0 Å². The fourth-order valence-electron chi connectivity index (χ4n) is 1.81.